The van der Waals surface area contributed by atoms with E-state index >= 15 is 0 Å². The number of fused-ring (bicyclic) bond motifs is 5. The summed E-state index contributed by atoms with van der Waals surface area (Å²) in [4.78, 5) is 0. The molecule has 5 rings (SSSR count). The molecular weight excluding hydrogens is 340 g/mol. The molecule has 0 radical (unpaired) electrons. The normalized spacial score (nSPS) is 17.4. The lowest BCUT2D eigenvalue weighted by atomic mass is 9.94. The Balaban J connectivity index is 1.99. The van der Waals surface area contributed by atoms with Gasteiger partial charge in [0.25, 0.3) is 0 Å². The van der Waals surface area contributed by atoms with Crippen molar-refractivity contribution in [3.8, 4) is 22.3 Å². The second-order valence-corrected chi connectivity index (χ2v) is 11.5. The van der Waals surface area contributed by atoms with Crippen LogP contribution in [0.5, 0.6) is 0 Å². The summed E-state index contributed by atoms with van der Waals surface area (Å²) in [6, 6.07) is 36.1. The Morgan fingerprint density at radius 1 is 0.519 bits per heavy atom. The topological polar surface area (TPSA) is 0 Å². The van der Waals surface area contributed by atoms with Gasteiger partial charge in [-0.05, 0) is 44.7 Å². The fourth-order valence-electron chi connectivity index (χ4n) is 4.65. The van der Waals surface area contributed by atoms with Crippen molar-refractivity contribution in [1.29, 1.82) is 0 Å². The van der Waals surface area contributed by atoms with Crippen molar-refractivity contribution in [2.75, 3.05) is 0 Å². The van der Waals surface area contributed by atoms with Gasteiger partial charge in [0.1, 0.15) is 8.07 Å². The summed E-state index contributed by atoms with van der Waals surface area (Å²) >= 11 is 0. The van der Waals surface area contributed by atoms with Crippen molar-refractivity contribution in [3.05, 3.63) is 103 Å². The van der Waals surface area contributed by atoms with E-state index in [4.69, 9.17) is 0 Å². The number of rotatable bonds is 1. The van der Waals surface area contributed by atoms with E-state index in [1.54, 1.807) is 0 Å². The Morgan fingerprint density at radius 2 is 1.07 bits per heavy atom. The summed E-state index contributed by atoms with van der Waals surface area (Å²) in [6.45, 7) is 4.71. The van der Waals surface area contributed by atoms with Gasteiger partial charge in [-0.2, -0.15) is 0 Å². The van der Waals surface area contributed by atoms with Crippen LogP contribution in [0.25, 0.3) is 22.3 Å². The summed E-state index contributed by atoms with van der Waals surface area (Å²) < 4.78 is 0. The highest BCUT2D eigenvalue weighted by Gasteiger charge is 2.40. The predicted molar refractivity (Wildman–Crippen MR) is 119 cm³/mol. The van der Waals surface area contributed by atoms with Crippen LogP contribution in [0.2, 0.25) is 6.55 Å². The first-order chi connectivity index (χ1) is 13.2. The van der Waals surface area contributed by atoms with E-state index in [0.29, 0.717) is 0 Å². The first-order valence-electron chi connectivity index (χ1n) is 9.55. The maximum absolute atomic E-state index is 2.52. The van der Waals surface area contributed by atoms with E-state index in [-0.39, 0.29) is 0 Å². The molecule has 0 saturated carbocycles. The SMILES string of the molecule is Cc1ccc2c(c1)-c1ccccc1-c1ccccc1[Si]2(C)c1ccccc1. The highest BCUT2D eigenvalue weighted by molar-refractivity contribution is 7.12. The molecule has 0 saturated heterocycles. The molecule has 1 aliphatic heterocycles. The molecule has 4 aromatic carbocycles. The summed E-state index contributed by atoms with van der Waals surface area (Å²) in [7, 11) is -2.13. The van der Waals surface area contributed by atoms with Gasteiger partial charge >= 0.3 is 0 Å². The Labute approximate surface area is 162 Å². The van der Waals surface area contributed by atoms with E-state index < -0.39 is 8.07 Å². The van der Waals surface area contributed by atoms with Crippen LogP contribution in [0.4, 0.5) is 0 Å². The second-order valence-electron chi connectivity index (χ2n) is 7.63. The van der Waals surface area contributed by atoms with Gasteiger partial charge < -0.3 is 0 Å². The van der Waals surface area contributed by atoms with E-state index in [1.807, 2.05) is 0 Å². The summed E-state index contributed by atoms with van der Waals surface area (Å²) in [5, 5.41) is 4.48. The molecule has 1 heterocycles. The average Bonchev–Trinajstić information content (AvgIpc) is 2.82. The molecule has 0 N–H and O–H groups in total. The van der Waals surface area contributed by atoms with Gasteiger partial charge in [0, 0.05) is 0 Å². The second kappa shape index (κ2) is 6.07. The van der Waals surface area contributed by atoms with Crippen LogP contribution in [0, 0.1) is 6.92 Å². The highest BCUT2D eigenvalue weighted by Crippen LogP contribution is 2.35. The average molecular weight is 363 g/mol. The third kappa shape index (κ3) is 2.35. The van der Waals surface area contributed by atoms with E-state index in [9.17, 15) is 0 Å². The zero-order valence-electron chi connectivity index (χ0n) is 15.7. The number of benzene rings is 4. The molecule has 4 aromatic rings. The molecule has 0 fully saturated rings. The highest BCUT2D eigenvalue weighted by atomic mass is 28.3. The van der Waals surface area contributed by atoms with Gasteiger partial charge in [-0.1, -0.05) is 109 Å². The molecule has 1 atom stereocenters. The molecule has 27 heavy (non-hydrogen) atoms. The first kappa shape index (κ1) is 16.3. The van der Waals surface area contributed by atoms with Crippen LogP contribution < -0.4 is 15.6 Å². The summed E-state index contributed by atoms with van der Waals surface area (Å²) in [5.41, 5.74) is 6.82. The Hall–Kier alpha value is -2.90. The number of aryl methyl sites for hydroxylation is 1. The van der Waals surface area contributed by atoms with Crippen molar-refractivity contribution >= 4 is 23.6 Å². The van der Waals surface area contributed by atoms with Crippen molar-refractivity contribution in [1.82, 2.24) is 0 Å². The van der Waals surface area contributed by atoms with Crippen LogP contribution in [-0.4, -0.2) is 8.07 Å². The predicted octanol–water partition coefficient (Wildman–Crippen LogP) is 4.74. The smallest absolute Gasteiger partial charge is 0.0624 e. The molecule has 0 spiro atoms. The third-order valence-electron chi connectivity index (χ3n) is 6.04. The van der Waals surface area contributed by atoms with Crippen molar-refractivity contribution in [2.45, 2.75) is 13.5 Å². The van der Waals surface area contributed by atoms with Crippen LogP contribution in [0.1, 0.15) is 5.56 Å². The van der Waals surface area contributed by atoms with Gasteiger partial charge in [-0.25, -0.2) is 0 Å². The minimum Gasteiger partial charge on any atom is -0.0624 e. The molecule has 1 aliphatic rings. The largest absolute Gasteiger partial charge is 0.147 e. The van der Waals surface area contributed by atoms with Gasteiger partial charge in [0.15, 0.2) is 0 Å². The molecule has 130 valence electrons. The minimum absolute atomic E-state index is 1.32. The maximum Gasteiger partial charge on any atom is 0.147 e. The van der Waals surface area contributed by atoms with E-state index in [1.165, 1.54) is 43.4 Å². The van der Waals surface area contributed by atoms with Gasteiger partial charge in [-0.15, -0.1) is 0 Å². The fourth-order valence-corrected chi connectivity index (χ4v) is 8.77. The van der Waals surface area contributed by atoms with Crippen LogP contribution >= 0.6 is 0 Å². The van der Waals surface area contributed by atoms with Crippen molar-refractivity contribution in [2.24, 2.45) is 0 Å². The molecule has 1 unspecified atom stereocenters. The lowest BCUT2D eigenvalue weighted by Gasteiger charge is -2.31. The van der Waals surface area contributed by atoms with Gasteiger partial charge in [0.05, 0.1) is 0 Å². The quantitative estimate of drug-likeness (QED) is 0.429. The molecule has 1 heteroatoms. The molecule has 0 bridgehead atoms. The van der Waals surface area contributed by atoms with Crippen LogP contribution in [0.3, 0.4) is 0 Å². The van der Waals surface area contributed by atoms with Gasteiger partial charge in [0.2, 0.25) is 0 Å². The van der Waals surface area contributed by atoms with E-state index in [2.05, 4.69) is 111 Å². The zero-order valence-corrected chi connectivity index (χ0v) is 16.7. The maximum atomic E-state index is 2.52. The molecular formula is C26H22Si. The summed E-state index contributed by atoms with van der Waals surface area (Å²) in [5.74, 6) is 0. The number of hydrogen-bond donors (Lipinski definition) is 0. The van der Waals surface area contributed by atoms with Crippen LogP contribution in [-0.2, 0) is 0 Å². The Morgan fingerprint density at radius 3 is 1.81 bits per heavy atom. The summed E-state index contributed by atoms with van der Waals surface area (Å²) in [6.07, 6.45) is 0. The minimum atomic E-state index is -2.13. The van der Waals surface area contributed by atoms with Crippen LogP contribution in [0.15, 0.2) is 97.1 Å². The van der Waals surface area contributed by atoms with Crippen molar-refractivity contribution in [3.63, 3.8) is 0 Å². The van der Waals surface area contributed by atoms with Gasteiger partial charge in [-0.3, -0.25) is 0 Å². The zero-order chi connectivity index (χ0) is 18.4. The molecule has 0 aliphatic carbocycles. The Bertz CT molecular complexity index is 1140. The monoisotopic (exact) mass is 362 g/mol. The fraction of sp³-hybridized carbons (Fsp3) is 0.0769. The molecule has 0 aromatic heterocycles. The lowest BCUT2D eigenvalue weighted by molar-refractivity contribution is 1.48. The van der Waals surface area contributed by atoms with Crippen molar-refractivity contribution < 1.29 is 0 Å². The first-order valence-corrected chi connectivity index (χ1v) is 12.1. The van der Waals surface area contributed by atoms with E-state index in [0.717, 1.165) is 0 Å². The molecule has 0 nitrogen and oxygen atoms in total. The lowest BCUT2D eigenvalue weighted by Crippen LogP contribution is -2.65. The Kier molecular flexibility index (Phi) is 3.66. The molecule has 0 amide bonds. The third-order valence-corrected chi connectivity index (χ3v) is 10.6. The number of hydrogen-bond acceptors (Lipinski definition) is 0. The standard InChI is InChI=1S/C26H22Si/c1-19-16-17-26-24(18-19)22-13-7-6-12-21(22)23-14-8-9-15-25(23)27(26,2)20-10-4-3-5-11-20/h3-18H,1-2H3.